The number of nitrogens with zero attached hydrogens (tertiary/aromatic N) is 4. The van der Waals surface area contributed by atoms with Crippen LogP contribution in [0, 0.1) is 0 Å². The van der Waals surface area contributed by atoms with E-state index in [0.29, 0.717) is 12.4 Å². The second-order valence-corrected chi connectivity index (χ2v) is 7.04. The number of hydrogen-bond acceptors (Lipinski definition) is 5. The maximum atomic E-state index is 5.90. The molecule has 0 fully saturated rings. The third-order valence-corrected chi connectivity index (χ3v) is 4.91. The van der Waals surface area contributed by atoms with E-state index in [4.69, 9.17) is 4.74 Å². The SMILES string of the molecule is C(=Cc1ccc(-c2nn[nH]n2)cc1)c1ccc(OCc2ccc3ccccc3n2)cc1. The van der Waals surface area contributed by atoms with Gasteiger partial charge in [-0.15, -0.1) is 10.2 Å². The Kier molecular flexibility index (Phi) is 5.18. The molecule has 0 unspecified atom stereocenters. The smallest absolute Gasteiger partial charge is 0.204 e. The topological polar surface area (TPSA) is 76.6 Å². The molecule has 0 saturated carbocycles. The number of rotatable bonds is 6. The van der Waals surface area contributed by atoms with Crippen molar-refractivity contribution in [2.24, 2.45) is 0 Å². The van der Waals surface area contributed by atoms with Crippen molar-refractivity contribution in [2.45, 2.75) is 6.61 Å². The lowest BCUT2D eigenvalue weighted by molar-refractivity contribution is 0.302. The molecule has 2 aromatic heterocycles. The summed E-state index contributed by atoms with van der Waals surface area (Å²) >= 11 is 0. The van der Waals surface area contributed by atoms with E-state index in [2.05, 4.69) is 49.9 Å². The molecule has 6 heteroatoms. The van der Waals surface area contributed by atoms with Crippen LogP contribution in [0.3, 0.4) is 0 Å². The van der Waals surface area contributed by atoms with E-state index in [1.807, 2.05) is 72.8 Å². The van der Waals surface area contributed by atoms with Crippen LogP contribution in [0.15, 0.2) is 84.9 Å². The first kappa shape index (κ1) is 18.7. The summed E-state index contributed by atoms with van der Waals surface area (Å²) in [5.74, 6) is 1.40. The van der Waals surface area contributed by atoms with Crippen LogP contribution in [-0.4, -0.2) is 25.6 Å². The number of hydrogen-bond donors (Lipinski definition) is 1. The lowest BCUT2D eigenvalue weighted by atomic mass is 10.1. The molecule has 1 N–H and O–H groups in total. The highest BCUT2D eigenvalue weighted by Gasteiger charge is 2.02. The molecule has 0 atom stereocenters. The van der Waals surface area contributed by atoms with Crippen molar-refractivity contribution in [3.8, 4) is 17.1 Å². The maximum Gasteiger partial charge on any atom is 0.204 e. The number of benzene rings is 3. The summed E-state index contributed by atoms with van der Waals surface area (Å²) in [5, 5.41) is 15.1. The van der Waals surface area contributed by atoms with Crippen LogP contribution >= 0.6 is 0 Å². The average molecular weight is 405 g/mol. The zero-order valence-corrected chi connectivity index (χ0v) is 16.6. The van der Waals surface area contributed by atoms with E-state index in [0.717, 1.165) is 39.0 Å². The molecule has 0 bridgehead atoms. The van der Waals surface area contributed by atoms with Gasteiger partial charge in [0.25, 0.3) is 0 Å². The monoisotopic (exact) mass is 405 g/mol. The lowest BCUT2D eigenvalue weighted by Gasteiger charge is -2.07. The van der Waals surface area contributed by atoms with E-state index in [-0.39, 0.29) is 0 Å². The number of H-pyrrole nitrogens is 1. The Hall–Kier alpha value is -4.32. The van der Waals surface area contributed by atoms with Crippen molar-refractivity contribution >= 4 is 23.1 Å². The quantitative estimate of drug-likeness (QED) is 0.395. The van der Waals surface area contributed by atoms with Crippen LogP contribution in [0.4, 0.5) is 0 Å². The summed E-state index contributed by atoms with van der Waals surface area (Å²) in [7, 11) is 0. The average Bonchev–Trinajstić information content (AvgIpc) is 3.37. The molecule has 31 heavy (non-hydrogen) atoms. The number of para-hydroxylation sites is 1. The largest absolute Gasteiger partial charge is 0.487 e. The van der Waals surface area contributed by atoms with E-state index in [1.54, 1.807) is 0 Å². The molecule has 2 heterocycles. The number of tetrazole rings is 1. The number of pyridine rings is 1. The molecule has 0 amide bonds. The van der Waals surface area contributed by atoms with E-state index < -0.39 is 0 Å². The van der Waals surface area contributed by atoms with Gasteiger partial charge in [0.1, 0.15) is 12.4 Å². The van der Waals surface area contributed by atoms with Gasteiger partial charge in [-0.3, -0.25) is 0 Å². The van der Waals surface area contributed by atoms with Crippen molar-refractivity contribution in [2.75, 3.05) is 0 Å². The second-order valence-electron chi connectivity index (χ2n) is 7.04. The fourth-order valence-electron chi connectivity index (χ4n) is 3.24. The van der Waals surface area contributed by atoms with Crippen LogP contribution in [-0.2, 0) is 6.61 Å². The van der Waals surface area contributed by atoms with Crippen molar-refractivity contribution < 1.29 is 4.74 Å². The number of aromatic nitrogens is 5. The van der Waals surface area contributed by atoms with Gasteiger partial charge < -0.3 is 4.74 Å². The summed E-state index contributed by atoms with van der Waals surface area (Å²) in [4.78, 5) is 4.64. The molecule has 0 aliphatic rings. The molecule has 5 aromatic rings. The zero-order chi connectivity index (χ0) is 20.9. The van der Waals surface area contributed by atoms with Crippen molar-refractivity contribution in [1.29, 1.82) is 0 Å². The van der Waals surface area contributed by atoms with Crippen LogP contribution in [0.25, 0.3) is 34.4 Å². The van der Waals surface area contributed by atoms with E-state index >= 15 is 0 Å². The van der Waals surface area contributed by atoms with Gasteiger partial charge in [-0.05, 0) is 40.6 Å². The molecule has 0 radical (unpaired) electrons. The van der Waals surface area contributed by atoms with Crippen molar-refractivity contribution in [1.82, 2.24) is 25.6 Å². The van der Waals surface area contributed by atoms with Gasteiger partial charge in [-0.2, -0.15) is 5.21 Å². The van der Waals surface area contributed by atoms with Crippen LogP contribution in [0.1, 0.15) is 16.8 Å². The lowest BCUT2D eigenvalue weighted by Crippen LogP contribution is -1.98. The van der Waals surface area contributed by atoms with Gasteiger partial charge in [-0.25, -0.2) is 4.98 Å². The predicted octanol–water partition coefficient (Wildman–Crippen LogP) is 5.16. The second kappa shape index (κ2) is 8.59. The Morgan fingerprint density at radius 1 is 0.774 bits per heavy atom. The van der Waals surface area contributed by atoms with Gasteiger partial charge in [0.05, 0.1) is 11.2 Å². The van der Waals surface area contributed by atoms with Crippen molar-refractivity contribution in [3.63, 3.8) is 0 Å². The zero-order valence-electron chi connectivity index (χ0n) is 16.6. The summed E-state index contributed by atoms with van der Waals surface area (Å²) in [5.41, 5.74) is 5.00. The van der Waals surface area contributed by atoms with E-state index in [1.165, 1.54) is 0 Å². The molecule has 0 aliphatic heterocycles. The number of fused-ring (bicyclic) bond motifs is 1. The van der Waals surface area contributed by atoms with Gasteiger partial charge in [0.15, 0.2) is 0 Å². The number of nitrogens with one attached hydrogen (secondary N) is 1. The van der Waals surface area contributed by atoms with Gasteiger partial charge in [0.2, 0.25) is 5.82 Å². The molecular weight excluding hydrogens is 386 g/mol. The predicted molar refractivity (Wildman–Crippen MR) is 121 cm³/mol. The van der Waals surface area contributed by atoms with Crippen LogP contribution in [0.2, 0.25) is 0 Å². The minimum atomic E-state index is 0.437. The van der Waals surface area contributed by atoms with Crippen molar-refractivity contribution in [3.05, 3.63) is 102 Å². The minimum Gasteiger partial charge on any atom is -0.487 e. The van der Waals surface area contributed by atoms with E-state index in [9.17, 15) is 0 Å². The number of ether oxygens (including phenoxy) is 1. The Labute approximate surface area is 179 Å². The normalized spacial score (nSPS) is 11.2. The fourth-order valence-corrected chi connectivity index (χ4v) is 3.24. The Morgan fingerprint density at radius 2 is 1.52 bits per heavy atom. The Balaban J connectivity index is 1.20. The molecule has 0 spiro atoms. The molecular formula is C25H19N5O. The van der Waals surface area contributed by atoms with Gasteiger partial charge in [-0.1, -0.05) is 72.8 Å². The first-order valence-electron chi connectivity index (χ1n) is 9.93. The molecule has 0 aliphatic carbocycles. The fraction of sp³-hybridized carbons (Fsp3) is 0.0400. The summed E-state index contributed by atoms with van der Waals surface area (Å²) in [6.07, 6.45) is 4.13. The molecule has 6 nitrogen and oxygen atoms in total. The van der Waals surface area contributed by atoms with Gasteiger partial charge in [0, 0.05) is 10.9 Å². The summed E-state index contributed by atoms with van der Waals surface area (Å²) in [6, 6.07) is 28.2. The first-order valence-corrected chi connectivity index (χ1v) is 9.93. The highest BCUT2D eigenvalue weighted by Crippen LogP contribution is 2.19. The Morgan fingerprint density at radius 3 is 2.26 bits per heavy atom. The Bertz CT molecular complexity index is 1310. The first-order chi connectivity index (χ1) is 15.3. The molecule has 5 rings (SSSR count). The third kappa shape index (κ3) is 4.48. The molecule has 0 saturated heterocycles. The van der Waals surface area contributed by atoms with Crippen LogP contribution < -0.4 is 4.74 Å². The maximum absolute atomic E-state index is 5.90. The summed E-state index contributed by atoms with van der Waals surface area (Å²) in [6.45, 7) is 0.437. The van der Waals surface area contributed by atoms with Gasteiger partial charge >= 0.3 is 0 Å². The highest BCUT2D eigenvalue weighted by atomic mass is 16.5. The highest BCUT2D eigenvalue weighted by molar-refractivity contribution is 5.78. The van der Waals surface area contributed by atoms with Crippen LogP contribution in [0.5, 0.6) is 5.75 Å². The molecule has 3 aromatic carbocycles. The standard InChI is InChI=1S/C25H19N5O/c1-2-4-24-20(3-1)13-14-22(26-24)17-31-23-15-9-19(10-16-23)6-5-18-7-11-21(12-8-18)25-27-29-30-28-25/h1-16H,17H2,(H,27,28,29,30). The molecule has 150 valence electrons. The number of aromatic amines is 1. The third-order valence-electron chi connectivity index (χ3n) is 4.91. The minimum absolute atomic E-state index is 0.437. The summed E-state index contributed by atoms with van der Waals surface area (Å²) < 4.78 is 5.90.